The molecular formula is C9H14. The average Bonchev–Trinajstić information content (AvgIpc) is 1.60. The first kappa shape index (κ1) is 6.60. The summed E-state index contributed by atoms with van der Waals surface area (Å²) >= 11 is 0. The molecule has 1 rings (SSSR count). The van der Waals surface area contributed by atoms with Crippen LogP contribution in [0.1, 0.15) is 27.2 Å². The van der Waals surface area contributed by atoms with Crippen molar-refractivity contribution >= 4 is 0 Å². The average molecular weight is 122 g/mol. The van der Waals surface area contributed by atoms with Crippen molar-refractivity contribution in [2.24, 2.45) is 5.41 Å². The van der Waals surface area contributed by atoms with Gasteiger partial charge in [-0.25, -0.2) is 0 Å². The van der Waals surface area contributed by atoms with Crippen LogP contribution in [0.2, 0.25) is 0 Å². The molecule has 0 aliphatic heterocycles. The van der Waals surface area contributed by atoms with E-state index in [-0.39, 0.29) is 0 Å². The van der Waals surface area contributed by atoms with Crippen molar-refractivity contribution < 1.29 is 0 Å². The van der Waals surface area contributed by atoms with Crippen molar-refractivity contribution in [2.45, 2.75) is 27.2 Å². The lowest BCUT2D eigenvalue weighted by atomic mass is 9.86. The van der Waals surface area contributed by atoms with Gasteiger partial charge < -0.3 is 0 Å². The molecule has 0 fully saturated rings. The molecule has 9 heavy (non-hydrogen) atoms. The number of hydrogen-bond acceptors (Lipinski definition) is 0. The van der Waals surface area contributed by atoms with E-state index in [0.29, 0.717) is 5.41 Å². The second kappa shape index (κ2) is 2.02. The summed E-state index contributed by atoms with van der Waals surface area (Å²) in [6.07, 6.45) is 7.98. The zero-order valence-corrected chi connectivity index (χ0v) is 6.44. The van der Waals surface area contributed by atoms with Crippen LogP contribution in [0, 0.1) is 5.41 Å². The van der Waals surface area contributed by atoms with Gasteiger partial charge in [0.25, 0.3) is 0 Å². The zero-order chi connectivity index (χ0) is 6.91. The predicted octanol–water partition coefficient (Wildman–Crippen LogP) is 2.92. The maximum atomic E-state index is 2.33. The Labute approximate surface area is 57.3 Å². The van der Waals surface area contributed by atoms with Crippen LogP contribution in [0.5, 0.6) is 0 Å². The molecule has 0 saturated carbocycles. The Morgan fingerprint density at radius 2 is 2.11 bits per heavy atom. The van der Waals surface area contributed by atoms with Gasteiger partial charge >= 0.3 is 0 Å². The highest BCUT2D eigenvalue weighted by atomic mass is 14.2. The predicted molar refractivity (Wildman–Crippen MR) is 41.3 cm³/mol. The van der Waals surface area contributed by atoms with E-state index in [1.807, 2.05) is 0 Å². The smallest absolute Gasteiger partial charge is 0.000720 e. The lowest BCUT2D eigenvalue weighted by Gasteiger charge is -2.19. The molecule has 0 bridgehead atoms. The van der Waals surface area contributed by atoms with Gasteiger partial charge in [0, 0.05) is 5.41 Å². The third kappa shape index (κ3) is 1.70. The van der Waals surface area contributed by atoms with E-state index in [0.717, 1.165) is 6.42 Å². The summed E-state index contributed by atoms with van der Waals surface area (Å²) in [6.45, 7) is 6.64. The molecular weight excluding hydrogens is 108 g/mol. The van der Waals surface area contributed by atoms with Gasteiger partial charge in [0.05, 0.1) is 0 Å². The molecule has 1 aliphatic rings. The Hall–Kier alpha value is -0.520. The highest BCUT2D eigenvalue weighted by Gasteiger charge is 2.12. The minimum atomic E-state index is 0.308. The zero-order valence-electron chi connectivity index (χ0n) is 6.44. The minimum absolute atomic E-state index is 0.308. The van der Waals surface area contributed by atoms with Crippen molar-refractivity contribution in [3.8, 4) is 0 Å². The molecule has 0 saturated heterocycles. The van der Waals surface area contributed by atoms with E-state index in [9.17, 15) is 0 Å². The van der Waals surface area contributed by atoms with Gasteiger partial charge in [0.1, 0.15) is 0 Å². The molecule has 0 heteroatoms. The molecule has 0 amide bonds. The Bertz CT molecular complexity index is 159. The van der Waals surface area contributed by atoms with Gasteiger partial charge in [-0.05, 0) is 13.3 Å². The van der Waals surface area contributed by atoms with E-state index < -0.39 is 0 Å². The molecule has 0 N–H and O–H groups in total. The second-order valence-electron chi connectivity index (χ2n) is 3.42. The molecule has 0 spiro atoms. The fourth-order valence-corrected chi connectivity index (χ4v) is 1.29. The van der Waals surface area contributed by atoms with Crippen molar-refractivity contribution in [1.29, 1.82) is 0 Å². The van der Waals surface area contributed by atoms with Crippen LogP contribution in [-0.2, 0) is 0 Å². The molecule has 0 unspecified atom stereocenters. The van der Waals surface area contributed by atoms with Crippen molar-refractivity contribution in [1.82, 2.24) is 0 Å². The van der Waals surface area contributed by atoms with Gasteiger partial charge in [0.2, 0.25) is 0 Å². The van der Waals surface area contributed by atoms with Crippen LogP contribution in [0.3, 0.4) is 0 Å². The van der Waals surface area contributed by atoms with Gasteiger partial charge in [0.15, 0.2) is 0 Å². The first-order chi connectivity index (χ1) is 4.10. The maximum Gasteiger partial charge on any atom is 0.000720 e. The van der Waals surface area contributed by atoms with Crippen LogP contribution in [0.25, 0.3) is 0 Å². The summed E-state index contributed by atoms with van der Waals surface area (Å²) in [5.74, 6) is 0. The van der Waals surface area contributed by atoms with Gasteiger partial charge in [-0.3, -0.25) is 0 Å². The highest BCUT2D eigenvalue weighted by Crippen LogP contribution is 2.26. The number of hydrogen-bond donors (Lipinski definition) is 0. The van der Waals surface area contributed by atoms with E-state index >= 15 is 0 Å². The quantitative estimate of drug-likeness (QED) is 0.433. The monoisotopic (exact) mass is 122 g/mol. The summed E-state index contributed by atoms with van der Waals surface area (Å²) < 4.78 is 0. The Morgan fingerprint density at radius 3 is 2.44 bits per heavy atom. The minimum Gasteiger partial charge on any atom is -0.0836 e. The van der Waals surface area contributed by atoms with E-state index in [2.05, 4.69) is 39.0 Å². The van der Waals surface area contributed by atoms with Crippen molar-refractivity contribution in [2.75, 3.05) is 0 Å². The van der Waals surface area contributed by atoms with E-state index in [1.165, 1.54) is 5.57 Å². The summed E-state index contributed by atoms with van der Waals surface area (Å²) in [5.41, 5.74) is 1.80. The SMILES string of the molecule is CC1=CC(C)(C)C=CC1. The summed E-state index contributed by atoms with van der Waals surface area (Å²) in [7, 11) is 0. The molecule has 1 aliphatic carbocycles. The summed E-state index contributed by atoms with van der Waals surface area (Å²) in [5, 5.41) is 0. The van der Waals surface area contributed by atoms with Crippen LogP contribution >= 0.6 is 0 Å². The standard InChI is InChI=1S/C9H14/c1-8-5-4-6-9(2,3)7-8/h4,6-7H,5H2,1-3H3. The van der Waals surface area contributed by atoms with Crippen molar-refractivity contribution in [3.05, 3.63) is 23.8 Å². The topological polar surface area (TPSA) is 0 Å². The molecule has 0 aromatic rings. The molecule has 0 aromatic carbocycles. The number of allylic oxidation sites excluding steroid dienone is 4. The normalized spacial score (nSPS) is 23.7. The van der Waals surface area contributed by atoms with Gasteiger partial charge in [-0.2, -0.15) is 0 Å². The van der Waals surface area contributed by atoms with Gasteiger partial charge in [-0.15, -0.1) is 0 Å². The Morgan fingerprint density at radius 1 is 1.44 bits per heavy atom. The first-order valence-electron chi connectivity index (χ1n) is 3.46. The highest BCUT2D eigenvalue weighted by molar-refractivity contribution is 5.20. The van der Waals surface area contributed by atoms with E-state index in [4.69, 9.17) is 0 Å². The third-order valence-corrected chi connectivity index (χ3v) is 1.61. The first-order valence-corrected chi connectivity index (χ1v) is 3.46. The van der Waals surface area contributed by atoms with Crippen LogP contribution in [-0.4, -0.2) is 0 Å². The Kier molecular flexibility index (Phi) is 1.48. The fraction of sp³-hybridized carbons (Fsp3) is 0.556. The largest absolute Gasteiger partial charge is 0.0836 e. The molecule has 0 nitrogen and oxygen atoms in total. The van der Waals surface area contributed by atoms with Crippen LogP contribution in [0.4, 0.5) is 0 Å². The summed E-state index contributed by atoms with van der Waals surface area (Å²) in [6, 6.07) is 0. The molecule has 0 aromatic heterocycles. The maximum absolute atomic E-state index is 2.33. The second-order valence-corrected chi connectivity index (χ2v) is 3.42. The third-order valence-electron chi connectivity index (χ3n) is 1.61. The molecule has 50 valence electrons. The lowest BCUT2D eigenvalue weighted by Crippen LogP contribution is -2.06. The fourth-order valence-electron chi connectivity index (χ4n) is 1.29. The summed E-state index contributed by atoms with van der Waals surface area (Å²) in [4.78, 5) is 0. The van der Waals surface area contributed by atoms with Crippen molar-refractivity contribution in [3.63, 3.8) is 0 Å². The lowest BCUT2D eigenvalue weighted by molar-refractivity contribution is 0.607. The van der Waals surface area contributed by atoms with E-state index in [1.54, 1.807) is 0 Å². The van der Waals surface area contributed by atoms with Crippen LogP contribution in [0.15, 0.2) is 23.8 Å². The molecule has 0 heterocycles. The number of rotatable bonds is 0. The van der Waals surface area contributed by atoms with Gasteiger partial charge in [-0.1, -0.05) is 37.6 Å². The molecule has 0 radical (unpaired) electrons. The van der Waals surface area contributed by atoms with Crippen LogP contribution < -0.4 is 0 Å². The molecule has 0 atom stereocenters. The Balaban J connectivity index is 2.78.